The number of aryl methyl sites for hydroxylation is 1. The van der Waals surface area contributed by atoms with Gasteiger partial charge in [-0.05, 0) is 62.3 Å². The summed E-state index contributed by atoms with van der Waals surface area (Å²) < 4.78 is 12.9. The second-order valence-electron chi connectivity index (χ2n) is 11.8. The lowest BCUT2D eigenvalue weighted by atomic mass is 9.95. The zero-order valence-corrected chi connectivity index (χ0v) is 24.9. The normalized spacial score (nSPS) is 17.4. The van der Waals surface area contributed by atoms with E-state index in [9.17, 15) is 14.4 Å². The molecule has 2 aliphatic heterocycles. The molecule has 1 saturated carbocycles. The molecule has 9 nitrogen and oxygen atoms in total. The van der Waals surface area contributed by atoms with E-state index in [1.54, 1.807) is 4.57 Å². The number of aromatic nitrogens is 2. The van der Waals surface area contributed by atoms with Crippen LogP contribution < -0.4 is 10.3 Å². The van der Waals surface area contributed by atoms with Gasteiger partial charge in [-0.25, -0.2) is 9.55 Å². The van der Waals surface area contributed by atoms with E-state index in [0.29, 0.717) is 57.1 Å². The van der Waals surface area contributed by atoms with Crippen molar-refractivity contribution in [2.75, 3.05) is 26.2 Å². The van der Waals surface area contributed by atoms with Crippen molar-refractivity contribution in [1.29, 1.82) is 0 Å². The molecule has 2 aromatic carbocycles. The van der Waals surface area contributed by atoms with Crippen molar-refractivity contribution in [3.05, 3.63) is 87.3 Å². The fourth-order valence-corrected chi connectivity index (χ4v) is 6.34. The summed E-state index contributed by atoms with van der Waals surface area (Å²) in [5, 5.41) is 0. The van der Waals surface area contributed by atoms with Gasteiger partial charge in [0.15, 0.2) is 0 Å². The van der Waals surface area contributed by atoms with Gasteiger partial charge in [-0.2, -0.15) is 0 Å². The van der Waals surface area contributed by atoms with Crippen molar-refractivity contribution in [2.45, 2.75) is 71.1 Å². The lowest BCUT2D eigenvalue weighted by Crippen LogP contribution is -2.55. The van der Waals surface area contributed by atoms with Crippen LogP contribution in [0.25, 0.3) is 5.69 Å². The minimum absolute atomic E-state index is 0.0697. The summed E-state index contributed by atoms with van der Waals surface area (Å²) in [5.41, 5.74) is 4.19. The lowest BCUT2D eigenvalue weighted by molar-refractivity contribution is -0.143. The molecule has 43 heavy (non-hydrogen) atoms. The minimum atomic E-state index is -0.170. The summed E-state index contributed by atoms with van der Waals surface area (Å²) in [4.78, 5) is 47.9. The van der Waals surface area contributed by atoms with Crippen LogP contribution in [0.1, 0.15) is 61.4 Å². The molecular weight excluding hydrogens is 544 g/mol. The highest BCUT2D eigenvalue weighted by Crippen LogP contribution is 2.28. The maximum Gasteiger partial charge on any atom is 0.306 e. The standard InChI is InChI=1S/C34H40N4O5/c1-2-42-31(39)17-16-24-12-14-25(15-13-24)20-36-21-26(22-36)32(40)37-19-18-30-29(23-37)33(41)38(27-8-4-3-5-9-27)34(35-30)43-28-10-6-7-11-28/h3-5,8-9,12-15,26,28H,2,6-7,10-11,16-23H2,1H3. The average Bonchev–Trinajstić information content (AvgIpc) is 3.52. The van der Waals surface area contributed by atoms with Crippen LogP contribution in [0.15, 0.2) is 59.4 Å². The molecule has 3 aliphatic rings. The molecule has 0 bridgehead atoms. The van der Waals surface area contributed by atoms with Crippen LogP contribution in [-0.4, -0.2) is 63.6 Å². The van der Waals surface area contributed by atoms with Crippen molar-refractivity contribution in [1.82, 2.24) is 19.4 Å². The Morgan fingerprint density at radius 3 is 2.42 bits per heavy atom. The number of likely N-dealkylation sites (tertiary alicyclic amines) is 1. The van der Waals surface area contributed by atoms with Gasteiger partial charge in [0.2, 0.25) is 5.91 Å². The number of esters is 1. The van der Waals surface area contributed by atoms with Crippen molar-refractivity contribution < 1.29 is 19.1 Å². The average molecular weight is 585 g/mol. The molecule has 0 atom stereocenters. The SMILES string of the molecule is CCOC(=O)CCc1ccc(CN2CC(C(=O)N3CCc4nc(OC5CCCC5)n(-c5ccccc5)c(=O)c4C3)C2)cc1. The first kappa shape index (κ1) is 29.1. The zero-order chi connectivity index (χ0) is 29.8. The van der Waals surface area contributed by atoms with Gasteiger partial charge in [0.25, 0.3) is 5.56 Å². The summed E-state index contributed by atoms with van der Waals surface area (Å²) in [7, 11) is 0. The highest BCUT2D eigenvalue weighted by molar-refractivity contribution is 5.80. The third-order valence-corrected chi connectivity index (χ3v) is 8.76. The number of hydrogen-bond acceptors (Lipinski definition) is 7. The third-order valence-electron chi connectivity index (χ3n) is 8.76. The summed E-state index contributed by atoms with van der Waals surface area (Å²) >= 11 is 0. The van der Waals surface area contributed by atoms with Gasteiger partial charge in [0.1, 0.15) is 6.10 Å². The van der Waals surface area contributed by atoms with Crippen LogP contribution in [0.3, 0.4) is 0 Å². The Bertz CT molecular complexity index is 1490. The second-order valence-corrected chi connectivity index (χ2v) is 11.8. The third kappa shape index (κ3) is 6.67. The molecular formula is C34H40N4O5. The second kappa shape index (κ2) is 13.1. The fraction of sp³-hybridized carbons (Fsp3) is 0.471. The van der Waals surface area contributed by atoms with Crippen molar-refractivity contribution in [3.8, 4) is 11.7 Å². The van der Waals surface area contributed by atoms with E-state index in [1.165, 1.54) is 5.56 Å². The molecule has 2 fully saturated rings. The maximum absolute atomic E-state index is 13.9. The van der Waals surface area contributed by atoms with Crippen molar-refractivity contribution >= 4 is 11.9 Å². The number of amides is 1. The quantitative estimate of drug-likeness (QED) is 0.332. The van der Waals surface area contributed by atoms with Crippen LogP contribution >= 0.6 is 0 Å². The van der Waals surface area contributed by atoms with Gasteiger partial charge in [-0.1, -0.05) is 42.5 Å². The first-order chi connectivity index (χ1) is 21.0. The van der Waals surface area contributed by atoms with E-state index < -0.39 is 0 Å². The maximum atomic E-state index is 13.9. The van der Waals surface area contributed by atoms with Crippen molar-refractivity contribution in [2.24, 2.45) is 5.92 Å². The molecule has 0 N–H and O–H groups in total. The van der Waals surface area contributed by atoms with Crippen LogP contribution in [0.2, 0.25) is 0 Å². The molecule has 3 aromatic rings. The number of carbonyl (C=O) groups excluding carboxylic acids is 2. The van der Waals surface area contributed by atoms with E-state index in [-0.39, 0.29) is 36.0 Å². The molecule has 6 rings (SSSR count). The molecule has 1 amide bonds. The molecule has 1 saturated heterocycles. The minimum Gasteiger partial charge on any atom is -0.466 e. The molecule has 9 heteroatoms. The largest absolute Gasteiger partial charge is 0.466 e. The van der Waals surface area contributed by atoms with Crippen LogP contribution in [-0.2, 0) is 40.3 Å². The number of rotatable bonds is 10. The topological polar surface area (TPSA) is 94.0 Å². The Balaban J connectivity index is 1.08. The molecule has 1 aliphatic carbocycles. The summed E-state index contributed by atoms with van der Waals surface area (Å²) in [6.45, 7) is 5.24. The zero-order valence-electron chi connectivity index (χ0n) is 24.9. The Kier molecular flexibility index (Phi) is 8.88. The first-order valence-corrected chi connectivity index (χ1v) is 15.6. The van der Waals surface area contributed by atoms with Crippen LogP contribution in [0.5, 0.6) is 6.01 Å². The Morgan fingerprint density at radius 2 is 1.70 bits per heavy atom. The summed E-state index contributed by atoms with van der Waals surface area (Å²) in [6, 6.07) is 18.2. The molecule has 226 valence electrons. The van der Waals surface area contributed by atoms with Gasteiger partial charge in [-0.3, -0.25) is 19.3 Å². The van der Waals surface area contributed by atoms with Crippen molar-refractivity contribution in [3.63, 3.8) is 0 Å². The van der Waals surface area contributed by atoms with E-state index >= 15 is 0 Å². The predicted octanol–water partition coefficient (Wildman–Crippen LogP) is 4.07. The van der Waals surface area contributed by atoms with Gasteiger partial charge < -0.3 is 14.4 Å². The first-order valence-electron chi connectivity index (χ1n) is 15.6. The fourth-order valence-electron chi connectivity index (χ4n) is 6.34. The number of ether oxygens (including phenoxy) is 2. The Morgan fingerprint density at radius 1 is 0.977 bits per heavy atom. The lowest BCUT2D eigenvalue weighted by Gasteiger charge is -2.41. The Hall–Kier alpha value is -3.98. The van der Waals surface area contributed by atoms with Crippen LogP contribution in [0, 0.1) is 5.92 Å². The van der Waals surface area contributed by atoms with E-state index in [0.717, 1.165) is 49.2 Å². The Labute approximate surface area is 252 Å². The highest BCUT2D eigenvalue weighted by Gasteiger charge is 2.37. The van der Waals surface area contributed by atoms with E-state index in [1.807, 2.05) is 42.2 Å². The smallest absolute Gasteiger partial charge is 0.306 e. The molecule has 0 radical (unpaired) electrons. The summed E-state index contributed by atoms with van der Waals surface area (Å²) in [5.74, 6) is -0.135. The molecule has 0 spiro atoms. The number of hydrogen-bond donors (Lipinski definition) is 0. The number of nitrogens with zero attached hydrogens (tertiary/aromatic N) is 4. The number of benzene rings is 2. The van der Waals surface area contributed by atoms with Gasteiger partial charge in [0.05, 0.1) is 36.0 Å². The van der Waals surface area contributed by atoms with Gasteiger partial charge >= 0.3 is 12.0 Å². The molecule has 3 heterocycles. The number of fused-ring (bicyclic) bond motifs is 1. The monoisotopic (exact) mass is 584 g/mol. The van der Waals surface area contributed by atoms with Gasteiger partial charge in [-0.15, -0.1) is 0 Å². The van der Waals surface area contributed by atoms with Crippen LogP contribution in [0.4, 0.5) is 0 Å². The van der Waals surface area contributed by atoms with E-state index in [4.69, 9.17) is 14.5 Å². The predicted molar refractivity (Wildman–Crippen MR) is 162 cm³/mol. The number of para-hydroxylation sites is 1. The highest BCUT2D eigenvalue weighted by atomic mass is 16.5. The number of carbonyl (C=O) groups is 2. The van der Waals surface area contributed by atoms with E-state index in [2.05, 4.69) is 29.2 Å². The summed E-state index contributed by atoms with van der Waals surface area (Å²) in [6.07, 6.45) is 5.89. The van der Waals surface area contributed by atoms with Gasteiger partial charge in [0, 0.05) is 39.0 Å². The molecule has 1 aromatic heterocycles. The molecule has 0 unspecified atom stereocenters.